The van der Waals surface area contributed by atoms with Gasteiger partial charge in [-0.25, -0.2) is 0 Å². The number of piperidine rings is 1. The molecule has 1 saturated heterocycles. The largest absolute Gasteiger partial charge is 0.396 e. The first-order valence-corrected chi connectivity index (χ1v) is 6.94. The summed E-state index contributed by atoms with van der Waals surface area (Å²) in [6.07, 6.45) is 1.04. The molecular formula is C15H22ClNO. The number of anilines is 1. The van der Waals surface area contributed by atoms with Crippen molar-refractivity contribution >= 4 is 17.3 Å². The standard InChI is InChI=1S/C15H22ClNO/c1-11-13(16)5-4-6-14(11)17-8-7-12(9-18)15(2,3)10-17/h4-6,12,18H,7-10H2,1-3H3. The summed E-state index contributed by atoms with van der Waals surface area (Å²) < 4.78 is 0. The predicted molar refractivity (Wildman–Crippen MR) is 77.4 cm³/mol. The van der Waals surface area contributed by atoms with Gasteiger partial charge >= 0.3 is 0 Å². The van der Waals surface area contributed by atoms with Crippen molar-refractivity contribution in [1.82, 2.24) is 0 Å². The molecule has 1 aromatic carbocycles. The Hall–Kier alpha value is -0.730. The van der Waals surface area contributed by atoms with Crippen LogP contribution < -0.4 is 4.90 Å². The Labute approximate surface area is 115 Å². The Kier molecular flexibility index (Phi) is 3.88. The minimum absolute atomic E-state index is 0.141. The van der Waals surface area contributed by atoms with Crippen LogP contribution in [0.2, 0.25) is 5.02 Å². The van der Waals surface area contributed by atoms with E-state index in [-0.39, 0.29) is 12.0 Å². The van der Waals surface area contributed by atoms with Crippen LogP contribution in [0.1, 0.15) is 25.8 Å². The van der Waals surface area contributed by atoms with Gasteiger partial charge in [-0.1, -0.05) is 31.5 Å². The molecule has 100 valence electrons. The SMILES string of the molecule is Cc1c(Cl)cccc1N1CCC(CO)C(C)(C)C1. The van der Waals surface area contributed by atoms with Crippen molar-refractivity contribution in [2.45, 2.75) is 27.2 Å². The normalized spacial score (nSPS) is 23.2. The average molecular weight is 268 g/mol. The third-order valence-corrected chi connectivity index (χ3v) is 4.66. The lowest BCUT2D eigenvalue weighted by molar-refractivity contribution is 0.0972. The number of hydrogen-bond acceptors (Lipinski definition) is 2. The molecule has 1 N–H and O–H groups in total. The van der Waals surface area contributed by atoms with Gasteiger partial charge in [0.25, 0.3) is 0 Å². The number of aliphatic hydroxyl groups is 1. The van der Waals surface area contributed by atoms with Crippen molar-refractivity contribution in [1.29, 1.82) is 0 Å². The summed E-state index contributed by atoms with van der Waals surface area (Å²) in [6, 6.07) is 6.08. The Morgan fingerprint density at radius 3 is 2.78 bits per heavy atom. The quantitative estimate of drug-likeness (QED) is 0.887. The van der Waals surface area contributed by atoms with Crippen LogP contribution in [0.25, 0.3) is 0 Å². The molecule has 1 fully saturated rings. The van der Waals surface area contributed by atoms with E-state index in [0.717, 1.165) is 30.1 Å². The zero-order valence-corrected chi connectivity index (χ0v) is 12.2. The van der Waals surface area contributed by atoms with Crippen molar-refractivity contribution in [2.24, 2.45) is 11.3 Å². The second kappa shape index (κ2) is 5.10. The molecule has 1 aliphatic heterocycles. The van der Waals surface area contributed by atoms with Crippen LogP contribution in [0.15, 0.2) is 18.2 Å². The lowest BCUT2D eigenvalue weighted by Crippen LogP contribution is -2.47. The van der Waals surface area contributed by atoms with E-state index < -0.39 is 0 Å². The Morgan fingerprint density at radius 1 is 1.44 bits per heavy atom. The summed E-state index contributed by atoms with van der Waals surface area (Å²) in [5, 5.41) is 10.3. The first kappa shape index (κ1) is 13.7. The summed E-state index contributed by atoms with van der Waals surface area (Å²) in [5.74, 6) is 0.397. The summed E-state index contributed by atoms with van der Waals surface area (Å²) >= 11 is 6.19. The lowest BCUT2D eigenvalue weighted by atomic mass is 9.74. The van der Waals surface area contributed by atoms with Crippen LogP contribution in [0.4, 0.5) is 5.69 Å². The van der Waals surface area contributed by atoms with Crippen LogP contribution in [-0.2, 0) is 0 Å². The van der Waals surface area contributed by atoms with E-state index in [0.29, 0.717) is 5.92 Å². The monoisotopic (exact) mass is 267 g/mol. The predicted octanol–water partition coefficient (Wildman–Crippen LogP) is 3.49. The molecule has 0 bridgehead atoms. The number of rotatable bonds is 2. The third-order valence-electron chi connectivity index (χ3n) is 4.25. The fourth-order valence-corrected chi connectivity index (χ4v) is 3.05. The average Bonchev–Trinajstić information content (AvgIpc) is 2.31. The van der Waals surface area contributed by atoms with Gasteiger partial charge in [0.1, 0.15) is 0 Å². The Balaban J connectivity index is 2.24. The fraction of sp³-hybridized carbons (Fsp3) is 0.600. The summed E-state index contributed by atoms with van der Waals surface area (Å²) in [5.41, 5.74) is 2.52. The van der Waals surface area contributed by atoms with Gasteiger partial charge in [-0.05, 0) is 42.4 Å². The molecule has 2 nitrogen and oxygen atoms in total. The number of halogens is 1. The van der Waals surface area contributed by atoms with Gasteiger partial charge in [0.2, 0.25) is 0 Å². The minimum atomic E-state index is 0.141. The van der Waals surface area contributed by atoms with Gasteiger partial charge in [0.15, 0.2) is 0 Å². The molecule has 1 aliphatic rings. The van der Waals surface area contributed by atoms with Gasteiger partial charge in [0.05, 0.1) is 0 Å². The second-order valence-electron chi connectivity index (χ2n) is 5.96. The fourth-order valence-electron chi connectivity index (χ4n) is 2.89. The molecule has 1 heterocycles. The van der Waals surface area contributed by atoms with E-state index in [1.54, 1.807) is 0 Å². The highest BCUT2D eigenvalue weighted by Crippen LogP contribution is 2.38. The van der Waals surface area contributed by atoms with E-state index in [1.807, 2.05) is 12.1 Å². The molecule has 0 amide bonds. The number of benzene rings is 1. The van der Waals surface area contributed by atoms with Gasteiger partial charge in [-0.3, -0.25) is 0 Å². The summed E-state index contributed by atoms with van der Waals surface area (Å²) in [7, 11) is 0. The van der Waals surface area contributed by atoms with Gasteiger partial charge in [-0.2, -0.15) is 0 Å². The number of hydrogen-bond donors (Lipinski definition) is 1. The lowest BCUT2D eigenvalue weighted by Gasteiger charge is -2.45. The second-order valence-corrected chi connectivity index (χ2v) is 6.37. The van der Waals surface area contributed by atoms with Gasteiger partial charge < -0.3 is 10.0 Å². The number of aliphatic hydroxyl groups excluding tert-OH is 1. The molecule has 1 aromatic rings. The zero-order valence-electron chi connectivity index (χ0n) is 11.4. The molecule has 18 heavy (non-hydrogen) atoms. The highest BCUT2D eigenvalue weighted by atomic mass is 35.5. The highest BCUT2D eigenvalue weighted by Gasteiger charge is 2.35. The maximum atomic E-state index is 9.44. The maximum absolute atomic E-state index is 9.44. The first-order valence-electron chi connectivity index (χ1n) is 6.56. The first-order chi connectivity index (χ1) is 8.45. The van der Waals surface area contributed by atoms with Crippen molar-refractivity contribution in [2.75, 3.05) is 24.6 Å². The van der Waals surface area contributed by atoms with Crippen LogP contribution in [0, 0.1) is 18.3 Å². The smallest absolute Gasteiger partial charge is 0.0465 e. The van der Waals surface area contributed by atoms with Gasteiger partial charge in [0, 0.05) is 30.4 Å². The van der Waals surface area contributed by atoms with E-state index in [9.17, 15) is 5.11 Å². The summed E-state index contributed by atoms with van der Waals surface area (Å²) in [4.78, 5) is 2.40. The van der Waals surface area contributed by atoms with Gasteiger partial charge in [-0.15, -0.1) is 0 Å². The molecular weight excluding hydrogens is 246 g/mol. The third kappa shape index (κ3) is 2.50. The van der Waals surface area contributed by atoms with Crippen molar-refractivity contribution in [3.63, 3.8) is 0 Å². The molecule has 2 rings (SSSR count). The van der Waals surface area contributed by atoms with Crippen molar-refractivity contribution in [3.05, 3.63) is 28.8 Å². The number of nitrogens with zero attached hydrogens (tertiary/aromatic N) is 1. The maximum Gasteiger partial charge on any atom is 0.0465 e. The Bertz CT molecular complexity index is 431. The van der Waals surface area contributed by atoms with E-state index in [4.69, 9.17) is 11.6 Å². The van der Waals surface area contributed by atoms with E-state index in [2.05, 4.69) is 31.7 Å². The van der Waals surface area contributed by atoms with Crippen molar-refractivity contribution < 1.29 is 5.11 Å². The molecule has 1 atom stereocenters. The zero-order chi connectivity index (χ0) is 13.3. The van der Waals surface area contributed by atoms with Crippen LogP contribution >= 0.6 is 11.6 Å². The minimum Gasteiger partial charge on any atom is -0.396 e. The highest BCUT2D eigenvalue weighted by molar-refractivity contribution is 6.31. The topological polar surface area (TPSA) is 23.5 Å². The molecule has 0 saturated carbocycles. The van der Waals surface area contributed by atoms with E-state index >= 15 is 0 Å². The van der Waals surface area contributed by atoms with Crippen LogP contribution in [0.5, 0.6) is 0 Å². The summed E-state index contributed by atoms with van der Waals surface area (Å²) in [6.45, 7) is 8.80. The molecule has 0 spiro atoms. The molecule has 1 unspecified atom stereocenters. The molecule has 0 aromatic heterocycles. The van der Waals surface area contributed by atoms with Crippen LogP contribution in [0.3, 0.4) is 0 Å². The molecule has 0 aliphatic carbocycles. The van der Waals surface area contributed by atoms with E-state index in [1.165, 1.54) is 5.69 Å². The van der Waals surface area contributed by atoms with Crippen molar-refractivity contribution in [3.8, 4) is 0 Å². The molecule has 3 heteroatoms. The van der Waals surface area contributed by atoms with Crippen LogP contribution in [-0.4, -0.2) is 24.8 Å². The Morgan fingerprint density at radius 2 is 2.17 bits per heavy atom. The molecule has 0 radical (unpaired) electrons.